The molecule has 0 aromatic carbocycles. The number of rotatable bonds is 3. The molecule has 1 aliphatic heterocycles. The lowest BCUT2D eigenvalue weighted by molar-refractivity contribution is -0.210. The zero-order valence-electron chi connectivity index (χ0n) is 9.34. The van der Waals surface area contributed by atoms with Crippen molar-refractivity contribution >= 4 is 11.9 Å². The summed E-state index contributed by atoms with van der Waals surface area (Å²) in [5.74, 6) is -0.807. The van der Waals surface area contributed by atoms with Crippen LogP contribution in [0.15, 0.2) is 0 Å². The molecule has 0 aromatic rings. The third-order valence-corrected chi connectivity index (χ3v) is 2.14. The van der Waals surface area contributed by atoms with Crippen LogP contribution < -0.4 is 0 Å². The summed E-state index contributed by atoms with van der Waals surface area (Å²) in [7, 11) is 0. The first kappa shape index (κ1) is 12.9. The lowest BCUT2D eigenvalue weighted by atomic mass is 10.1. The van der Waals surface area contributed by atoms with E-state index in [2.05, 4.69) is 0 Å². The Hall–Kier alpha value is -1.14. The molecule has 1 rings (SSSR count). The molecule has 6 heteroatoms. The van der Waals surface area contributed by atoms with Gasteiger partial charge in [-0.3, -0.25) is 9.59 Å². The molecule has 0 aliphatic carbocycles. The van der Waals surface area contributed by atoms with Gasteiger partial charge in [0, 0.05) is 26.7 Å². The van der Waals surface area contributed by atoms with Crippen LogP contribution in [0.3, 0.4) is 0 Å². The van der Waals surface area contributed by atoms with Crippen molar-refractivity contribution in [2.24, 2.45) is 0 Å². The van der Waals surface area contributed by atoms with E-state index in [-0.39, 0.29) is 19.1 Å². The second-order valence-electron chi connectivity index (χ2n) is 3.72. The predicted molar refractivity (Wildman–Crippen MR) is 52.3 cm³/mol. The standard InChI is InChI=1S/C10H16O6/c1-6(11)14-5-9-3-8(15-7(2)12)4-10(13)16-9/h8-10,13H,3-5H2,1-2H3/t8-,9-,10+/m0/s1. The largest absolute Gasteiger partial charge is 0.463 e. The molecule has 3 atom stereocenters. The molecule has 0 unspecified atom stereocenters. The first-order valence-electron chi connectivity index (χ1n) is 5.11. The lowest BCUT2D eigenvalue weighted by Gasteiger charge is -2.31. The Bertz CT molecular complexity index is 264. The highest BCUT2D eigenvalue weighted by molar-refractivity contribution is 5.66. The van der Waals surface area contributed by atoms with E-state index in [0.717, 1.165) is 0 Å². The van der Waals surface area contributed by atoms with Gasteiger partial charge in [0.05, 0.1) is 6.10 Å². The second-order valence-corrected chi connectivity index (χ2v) is 3.72. The molecule has 0 spiro atoms. The van der Waals surface area contributed by atoms with Crippen molar-refractivity contribution < 1.29 is 28.9 Å². The quantitative estimate of drug-likeness (QED) is 0.688. The average Bonchev–Trinajstić information content (AvgIpc) is 2.12. The number of hydrogen-bond donors (Lipinski definition) is 1. The van der Waals surface area contributed by atoms with Gasteiger partial charge in [-0.1, -0.05) is 0 Å². The van der Waals surface area contributed by atoms with Gasteiger partial charge in [0.1, 0.15) is 12.7 Å². The molecule has 16 heavy (non-hydrogen) atoms. The number of aliphatic hydroxyl groups excluding tert-OH is 1. The van der Waals surface area contributed by atoms with Crippen molar-refractivity contribution in [1.29, 1.82) is 0 Å². The fourth-order valence-corrected chi connectivity index (χ4v) is 1.60. The molecular weight excluding hydrogens is 216 g/mol. The van der Waals surface area contributed by atoms with Crippen molar-refractivity contribution in [1.82, 2.24) is 0 Å². The summed E-state index contributed by atoms with van der Waals surface area (Å²) in [4.78, 5) is 21.4. The summed E-state index contributed by atoms with van der Waals surface area (Å²) in [6, 6.07) is 0. The van der Waals surface area contributed by atoms with E-state index in [0.29, 0.717) is 6.42 Å². The Morgan fingerprint density at radius 2 is 2.00 bits per heavy atom. The van der Waals surface area contributed by atoms with E-state index >= 15 is 0 Å². The van der Waals surface area contributed by atoms with Crippen LogP contribution in [0.5, 0.6) is 0 Å². The zero-order chi connectivity index (χ0) is 12.1. The third-order valence-electron chi connectivity index (χ3n) is 2.14. The van der Waals surface area contributed by atoms with Gasteiger partial charge in [-0.15, -0.1) is 0 Å². The molecule has 0 saturated carbocycles. The summed E-state index contributed by atoms with van der Waals surface area (Å²) in [6.45, 7) is 2.66. The van der Waals surface area contributed by atoms with E-state index < -0.39 is 24.3 Å². The topological polar surface area (TPSA) is 82.1 Å². The van der Waals surface area contributed by atoms with E-state index in [9.17, 15) is 14.7 Å². The predicted octanol–water partition coefficient (Wildman–Crippen LogP) is -0.0214. The molecule has 1 heterocycles. The summed E-state index contributed by atoms with van der Waals surface area (Å²) < 4.78 is 14.9. The molecule has 0 amide bonds. The van der Waals surface area contributed by atoms with Crippen LogP contribution >= 0.6 is 0 Å². The number of hydrogen-bond acceptors (Lipinski definition) is 6. The Morgan fingerprint density at radius 3 is 2.56 bits per heavy atom. The molecule has 92 valence electrons. The Morgan fingerprint density at radius 1 is 1.31 bits per heavy atom. The first-order valence-corrected chi connectivity index (χ1v) is 5.11. The molecule has 1 fully saturated rings. The van der Waals surface area contributed by atoms with Gasteiger partial charge in [0.15, 0.2) is 6.29 Å². The Balaban J connectivity index is 2.40. The van der Waals surface area contributed by atoms with Gasteiger partial charge in [-0.2, -0.15) is 0 Å². The number of aliphatic hydroxyl groups is 1. The van der Waals surface area contributed by atoms with Crippen LogP contribution in [0, 0.1) is 0 Å². The fourth-order valence-electron chi connectivity index (χ4n) is 1.60. The number of ether oxygens (including phenoxy) is 3. The van der Waals surface area contributed by atoms with Crippen molar-refractivity contribution in [3.8, 4) is 0 Å². The molecule has 6 nitrogen and oxygen atoms in total. The van der Waals surface area contributed by atoms with Gasteiger partial charge < -0.3 is 19.3 Å². The van der Waals surface area contributed by atoms with E-state index in [1.54, 1.807) is 0 Å². The number of esters is 2. The molecule has 0 bridgehead atoms. The summed E-state index contributed by atoms with van der Waals surface area (Å²) in [6.07, 6.45) is -1.14. The maximum atomic E-state index is 10.8. The van der Waals surface area contributed by atoms with Gasteiger partial charge >= 0.3 is 11.9 Å². The molecule has 0 aromatic heterocycles. The summed E-state index contributed by atoms with van der Waals surface area (Å²) >= 11 is 0. The summed E-state index contributed by atoms with van der Waals surface area (Å²) in [5, 5.41) is 9.37. The van der Waals surface area contributed by atoms with Gasteiger partial charge in [0.2, 0.25) is 0 Å². The molecule has 1 aliphatic rings. The minimum atomic E-state index is -0.987. The van der Waals surface area contributed by atoms with Crippen LogP contribution in [-0.2, 0) is 23.8 Å². The van der Waals surface area contributed by atoms with Crippen LogP contribution in [-0.4, -0.2) is 42.1 Å². The highest BCUT2D eigenvalue weighted by Crippen LogP contribution is 2.21. The normalized spacial score (nSPS) is 29.6. The highest BCUT2D eigenvalue weighted by Gasteiger charge is 2.30. The fraction of sp³-hybridized carbons (Fsp3) is 0.800. The van der Waals surface area contributed by atoms with Crippen LogP contribution in [0.1, 0.15) is 26.7 Å². The Kier molecular flexibility index (Phi) is 4.70. The maximum Gasteiger partial charge on any atom is 0.302 e. The minimum Gasteiger partial charge on any atom is -0.463 e. The van der Waals surface area contributed by atoms with Crippen LogP contribution in [0.25, 0.3) is 0 Å². The highest BCUT2D eigenvalue weighted by atomic mass is 16.6. The number of carbonyl (C=O) groups is 2. The first-order chi connectivity index (χ1) is 7.47. The van der Waals surface area contributed by atoms with Crippen molar-refractivity contribution in [2.45, 2.75) is 45.2 Å². The molecule has 1 saturated heterocycles. The number of carbonyl (C=O) groups excluding carboxylic acids is 2. The van der Waals surface area contributed by atoms with E-state index in [1.165, 1.54) is 13.8 Å². The van der Waals surface area contributed by atoms with Crippen molar-refractivity contribution in [2.75, 3.05) is 6.61 Å². The van der Waals surface area contributed by atoms with Crippen molar-refractivity contribution in [3.05, 3.63) is 0 Å². The zero-order valence-corrected chi connectivity index (χ0v) is 9.34. The van der Waals surface area contributed by atoms with E-state index in [1.807, 2.05) is 0 Å². The SMILES string of the molecule is CC(=O)OC[C@@H]1C[C@H](OC(C)=O)C[C@H](O)O1. The van der Waals surface area contributed by atoms with E-state index in [4.69, 9.17) is 14.2 Å². The smallest absolute Gasteiger partial charge is 0.302 e. The van der Waals surface area contributed by atoms with Crippen LogP contribution in [0.2, 0.25) is 0 Å². The van der Waals surface area contributed by atoms with Gasteiger partial charge in [-0.25, -0.2) is 0 Å². The van der Waals surface area contributed by atoms with Gasteiger partial charge in [0.25, 0.3) is 0 Å². The lowest BCUT2D eigenvalue weighted by Crippen LogP contribution is -2.40. The third kappa shape index (κ3) is 4.59. The molecule has 0 radical (unpaired) electrons. The summed E-state index contributed by atoms with van der Waals surface area (Å²) in [5.41, 5.74) is 0. The monoisotopic (exact) mass is 232 g/mol. The van der Waals surface area contributed by atoms with Crippen LogP contribution in [0.4, 0.5) is 0 Å². The van der Waals surface area contributed by atoms with Crippen molar-refractivity contribution in [3.63, 3.8) is 0 Å². The molecule has 1 N–H and O–H groups in total. The average molecular weight is 232 g/mol. The van der Waals surface area contributed by atoms with Gasteiger partial charge in [-0.05, 0) is 0 Å². The maximum absolute atomic E-state index is 10.8. The Labute approximate surface area is 93.5 Å². The second kappa shape index (κ2) is 5.81. The molecular formula is C10H16O6. The minimum absolute atomic E-state index is 0.0597.